The highest BCUT2D eigenvalue weighted by molar-refractivity contribution is 5.54. The Balaban J connectivity index is 1.50. The Labute approximate surface area is 189 Å². The number of rotatable bonds is 8. The first kappa shape index (κ1) is 21.3. The number of para-hydroxylation sites is 4. The van der Waals surface area contributed by atoms with Gasteiger partial charge in [-0.2, -0.15) is 0 Å². The van der Waals surface area contributed by atoms with Crippen LogP contribution < -0.4 is 20.9 Å². The lowest BCUT2D eigenvalue weighted by Gasteiger charge is -2.18. The molecule has 32 heavy (non-hydrogen) atoms. The minimum Gasteiger partial charge on any atom is -0.455 e. The van der Waals surface area contributed by atoms with Crippen LogP contribution in [0.1, 0.15) is 36.8 Å². The molecule has 0 fully saturated rings. The highest BCUT2D eigenvalue weighted by Gasteiger charge is 2.14. The van der Waals surface area contributed by atoms with Gasteiger partial charge in [0.1, 0.15) is 23.0 Å². The molecule has 0 heterocycles. The number of nitrogens with two attached hydrogens (primary N) is 2. The van der Waals surface area contributed by atoms with Crippen molar-refractivity contribution in [2.45, 2.75) is 25.7 Å². The summed E-state index contributed by atoms with van der Waals surface area (Å²) in [5, 5.41) is 0. The van der Waals surface area contributed by atoms with Crippen molar-refractivity contribution in [2.24, 2.45) is 0 Å². The van der Waals surface area contributed by atoms with Crippen LogP contribution in [0, 0.1) is 0 Å². The molecule has 0 atom stereocenters. The summed E-state index contributed by atoms with van der Waals surface area (Å²) in [6, 6.07) is 31.5. The van der Waals surface area contributed by atoms with Gasteiger partial charge in [-0.05, 0) is 66.1 Å². The fourth-order valence-electron chi connectivity index (χ4n) is 3.75. The summed E-state index contributed by atoms with van der Waals surface area (Å²) < 4.78 is 11.9. The molecule has 4 N–H and O–H groups in total. The van der Waals surface area contributed by atoms with Gasteiger partial charge in [0.15, 0.2) is 0 Å². The number of hydrogen-bond donors (Lipinski definition) is 2. The molecule has 0 amide bonds. The minimum absolute atomic E-state index is 0.298. The van der Waals surface area contributed by atoms with Crippen LogP contribution in [0.5, 0.6) is 23.0 Å². The molecule has 0 unspecified atom stereocenters. The molecule has 4 aromatic carbocycles. The second-order valence-electron chi connectivity index (χ2n) is 7.76. The molecule has 0 saturated heterocycles. The Morgan fingerprint density at radius 2 is 1.00 bits per heavy atom. The molecule has 0 aromatic heterocycles. The van der Waals surface area contributed by atoms with Gasteiger partial charge in [0, 0.05) is 5.92 Å². The van der Waals surface area contributed by atoms with E-state index in [0.717, 1.165) is 24.3 Å². The zero-order valence-electron chi connectivity index (χ0n) is 18.2. The van der Waals surface area contributed by atoms with Crippen LogP contribution in [0.25, 0.3) is 0 Å². The first-order chi connectivity index (χ1) is 15.6. The topological polar surface area (TPSA) is 70.5 Å². The summed E-state index contributed by atoms with van der Waals surface area (Å²) in [4.78, 5) is 0. The number of ether oxygens (including phenoxy) is 2. The second kappa shape index (κ2) is 9.92. The molecule has 162 valence electrons. The van der Waals surface area contributed by atoms with Crippen molar-refractivity contribution >= 4 is 11.4 Å². The Morgan fingerprint density at radius 1 is 0.594 bits per heavy atom. The van der Waals surface area contributed by atoms with Crippen LogP contribution in [0.3, 0.4) is 0 Å². The number of anilines is 2. The van der Waals surface area contributed by atoms with Crippen LogP contribution in [0.4, 0.5) is 11.4 Å². The maximum Gasteiger partial charge on any atom is 0.150 e. The van der Waals surface area contributed by atoms with E-state index in [2.05, 4.69) is 31.2 Å². The summed E-state index contributed by atoms with van der Waals surface area (Å²) in [6.07, 6.45) is 2.14. The van der Waals surface area contributed by atoms with E-state index in [1.54, 1.807) is 0 Å². The van der Waals surface area contributed by atoms with Crippen molar-refractivity contribution in [1.29, 1.82) is 0 Å². The summed E-state index contributed by atoms with van der Waals surface area (Å²) in [5.74, 6) is 3.17. The van der Waals surface area contributed by atoms with Crippen molar-refractivity contribution in [3.63, 3.8) is 0 Å². The molecule has 0 radical (unpaired) electrons. The molecule has 0 spiro atoms. The fourth-order valence-corrected chi connectivity index (χ4v) is 3.75. The van der Waals surface area contributed by atoms with Gasteiger partial charge >= 0.3 is 0 Å². The first-order valence-corrected chi connectivity index (χ1v) is 10.9. The Bertz CT molecular complexity index is 1060. The third-order valence-electron chi connectivity index (χ3n) is 5.44. The smallest absolute Gasteiger partial charge is 0.150 e. The first-order valence-electron chi connectivity index (χ1n) is 10.9. The quantitative estimate of drug-likeness (QED) is 0.290. The maximum absolute atomic E-state index is 5.99. The summed E-state index contributed by atoms with van der Waals surface area (Å²) in [7, 11) is 0. The Morgan fingerprint density at radius 3 is 1.38 bits per heavy atom. The van der Waals surface area contributed by atoms with Gasteiger partial charge in [-0.15, -0.1) is 0 Å². The summed E-state index contributed by atoms with van der Waals surface area (Å²) >= 11 is 0. The van der Waals surface area contributed by atoms with E-state index in [1.165, 1.54) is 11.1 Å². The lowest BCUT2D eigenvalue weighted by molar-refractivity contribution is 0.484. The van der Waals surface area contributed by atoms with Crippen LogP contribution >= 0.6 is 0 Å². The predicted molar refractivity (Wildman–Crippen MR) is 131 cm³/mol. The molecule has 4 nitrogen and oxygen atoms in total. The van der Waals surface area contributed by atoms with Crippen LogP contribution in [-0.2, 0) is 0 Å². The van der Waals surface area contributed by atoms with Crippen LogP contribution in [0.2, 0.25) is 0 Å². The van der Waals surface area contributed by atoms with Crippen LogP contribution in [-0.4, -0.2) is 0 Å². The van der Waals surface area contributed by atoms with E-state index in [0.29, 0.717) is 28.8 Å². The van der Waals surface area contributed by atoms with E-state index in [1.807, 2.05) is 72.8 Å². The Kier molecular flexibility index (Phi) is 6.61. The SMILES string of the molecule is CCCC(c1ccc(Oc2ccccc2N)cc1)c1ccc(Oc2ccccc2N)cc1. The van der Waals surface area contributed by atoms with Crippen molar-refractivity contribution in [2.75, 3.05) is 11.5 Å². The molecule has 0 bridgehead atoms. The van der Waals surface area contributed by atoms with Crippen molar-refractivity contribution in [3.05, 3.63) is 108 Å². The predicted octanol–water partition coefficient (Wildman–Crippen LogP) is 7.37. The molecule has 4 aromatic rings. The number of nitrogen functional groups attached to an aromatic ring is 2. The summed E-state index contributed by atoms with van der Waals surface area (Å²) in [5.41, 5.74) is 15.7. The average Bonchev–Trinajstić information content (AvgIpc) is 2.82. The van der Waals surface area contributed by atoms with E-state index < -0.39 is 0 Å². The van der Waals surface area contributed by atoms with Gasteiger partial charge < -0.3 is 20.9 Å². The maximum atomic E-state index is 5.99. The van der Waals surface area contributed by atoms with Crippen LogP contribution in [0.15, 0.2) is 97.1 Å². The van der Waals surface area contributed by atoms with E-state index in [4.69, 9.17) is 20.9 Å². The number of benzene rings is 4. The third-order valence-corrected chi connectivity index (χ3v) is 5.44. The van der Waals surface area contributed by atoms with Gasteiger partial charge in [-0.1, -0.05) is 61.9 Å². The summed E-state index contributed by atoms with van der Waals surface area (Å²) in [6.45, 7) is 2.21. The third kappa shape index (κ3) is 5.03. The monoisotopic (exact) mass is 424 g/mol. The van der Waals surface area contributed by atoms with Crippen molar-refractivity contribution < 1.29 is 9.47 Å². The molecular weight excluding hydrogens is 396 g/mol. The zero-order chi connectivity index (χ0) is 22.3. The molecule has 0 aliphatic rings. The second-order valence-corrected chi connectivity index (χ2v) is 7.76. The van der Waals surface area contributed by atoms with Crippen molar-refractivity contribution in [3.8, 4) is 23.0 Å². The lowest BCUT2D eigenvalue weighted by Crippen LogP contribution is -2.01. The highest BCUT2D eigenvalue weighted by atomic mass is 16.5. The van der Waals surface area contributed by atoms with Gasteiger partial charge in [-0.3, -0.25) is 0 Å². The molecule has 0 aliphatic carbocycles. The average molecular weight is 425 g/mol. The normalized spacial score (nSPS) is 10.8. The standard InChI is InChI=1S/C28H28N2O2/c1-2-7-24(20-12-16-22(17-13-20)31-27-10-5-3-8-25(27)29)21-14-18-23(19-15-21)32-28-11-6-4-9-26(28)30/h3-6,8-19,24H,2,7,29-30H2,1H3. The molecular formula is C28H28N2O2. The zero-order valence-corrected chi connectivity index (χ0v) is 18.2. The fraction of sp³-hybridized carbons (Fsp3) is 0.143. The highest BCUT2D eigenvalue weighted by Crippen LogP contribution is 2.34. The minimum atomic E-state index is 0.298. The van der Waals surface area contributed by atoms with Gasteiger partial charge in [0.25, 0.3) is 0 Å². The van der Waals surface area contributed by atoms with Gasteiger partial charge in [0.2, 0.25) is 0 Å². The van der Waals surface area contributed by atoms with E-state index in [9.17, 15) is 0 Å². The molecule has 0 aliphatic heterocycles. The Hall–Kier alpha value is -3.92. The van der Waals surface area contributed by atoms with E-state index >= 15 is 0 Å². The lowest BCUT2D eigenvalue weighted by atomic mass is 9.87. The molecule has 0 saturated carbocycles. The molecule has 4 rings (SSSR count). The molecule has 4 heteroatoms. The van der Waals surface area contributed by atoms with Gasteiger partial charge in [0.05, 0.1) is 11.4 Å². The van der Waals surface area contributed by atoms with E-state index in [-0.39, 0.29) is 0 Å². The largest absolute Gasteiger partial charge is 0.455 e. The number of hydrogen-bond acceptors (Lipinski definition) is 4. The van der Waals surface area contributed by atoms with Crippen molar-refractivity contribution in [1.82, 2.24) is 0 Å². The van der Waals surface area contributed by atoms with Gasteiger partial charge in [-0.25, -0.2) is 0 Å².